The molecule has 1 unspecified atom stereocenters. The van der Waals surface area contributed by atoms with Gasteiger partial charge in [0.2, 0.25) is 5.91 Å². The molecule has 3 aromatic carbocycles. The maximum atomic E-state index is 13.6. The topological polar surface area (TPSA) is 62.2 Å². The molecule has 1 atom stereocenters. The first-order valence-electron chi connectivity index (χ1n) is 13.0. The first kappa shape index (κ1) is 26.5. The minimum absolute atomic E-state index is 0.00914. The molecule has 1 amide bonds. The number of esters is 1. The number of carbonyl (C=O) groups is 2. The minimum atomic E-state index is -0.485. The second kappa shape index (κ2) is 11.7. The molecule has 0 aliphatic carbocycles. The van der Waals surface area contributed by atoms with Crippen molar-refractivity contribution in [2.75, 3.05) is 13.7 Å². The van der Waals surface area contributed by atoms with Gasteiger partial charge >= 0.3 is 5.97 Å². The van der Waals surface area contributed by atoms with Crippen LogP contribution in [0.25, 0.3) is 5.70 Å². The zero-order valence-electron chi connectivity index (χ0n) is 22.3. The van der Waals surface area contributed by atoms with Gasteiger partial charge in [0.25, 0.3) is 0 Å². The summed E-state index contributed by atoms with van der Waals surface area (Å²) >= 11 is 1.48. The van der Waals surface area contributed by atoms with Crippen molar-refractivity contribution in [1.29, 1.82) is 0 Å². The number of carbonyl (C=O) groups excluding carboxylic acids is 2. The lowest BCUT2D eigenvalue weighted by molar-refractivity contribution is -0.139. The Morgan fingerprint density at radius 1 is 0.974 bits per heavy atom. The highest BCUT2D eigenvalue weighted by atomic mass is 32.2. The maximum Gasteiger partial charge on any atom is 0.338 e. The summed E-state index contributed by atoms with van der Waals surface area (Å²) in [4.78, 5) is 35.7. The van der Waals surface area contributed by atoms with E-state index in [4.69, 9.17) is 9.73 Å². The van der Waals surface area contributed by atoms with Crippen LogP contribution in [0.15, 0.2) is 107 Å². The molecule has 0 saturated heterocycles. The van der Waals surface area contributed by atoms with Gasteiger partial charge in [0.15, 0.2) is 5.17 Å². The SMILES string of the molecule is CCOC(=O)C1=C(c2ccccc2)N=C2SC=C(CC(=O)N(C)Cc3ccccc3)N2C1c1ccc(C)cc1. The van der Waals surface area contributed by atoms with Crippen molar-refractivity contribution in [2.24, 2.45) is 4.99 Å². The third kappa shape index (κ3) is 5.68. The second-order valence-corrected chi connectivity index (χ2v) is 10.4. The van der Waals surface area contributed by atoms with Crippen LogP contribution >= 0.6 is 11.8 Å². The van der Waals surface area contributed by atoms with E-state index >= 15 is 0 Å². The number of amidine groups is 1. The summed E-state index contributed by atoms with van der Waals surface area (Å²) in [6.07, 6.45) is 0.189. The molecule has 7 heteroatoms. The Balaban J connectivity index is 1.54. The quantitative estimate of drug-likeness (QED) is 0.315. The van der Waals surface area contributed by atoms with Crippen LogP contribution in [0.5, 0.6) is 0 Å². The zero-order chi connectivity index (χ0) is 27.4. The molecule has 198 valence electrons. The normalized spacial score (nSPS) is 16.4. The Bertz CT molecular complexity index is 1450. The molecule has 0 bridgehead atoms. The van der Waals surface area contributed by atoms with E-state index in [9.17, 15) is 9.59 Å². The van der Waals surface area contributed by atoms with Gasteiger partial charge in [-0.2, -0.15) is 0 Å². The maximum absolute atomic E-state index is 13.6. The van der Waals surface area contributed by atoms with Crippen LogP contribution in [-0.2, 0) is 20.9 Å². The number of benzene rings is 3. The van der Waals surface area contributed by atoms with Crippen LogP contribution in [0.4, 0.5) is 0 Å². The van der Waals surface area contributed by atoms with Gasteiger partial charge in [0.1, 0.15) is 0 Å². The predicted octanol–water partition coefficient (Wildman–Crippen LogP) is 6.32. The van der Waals surface area contributed by atoms with Crippen LogP contribution in [0.1, 0.15) is 41.6 Å². The van der Waals surface area contributed by atoms with Gasteiger partial charge in [-0.15, -0.1) is 0 Å². The number of fused-ring (bicyclic) bond motifs is 1. The van der Waals surface area contributed by atoms with E-state index in [2.05, 4.69) is 0 Å². The Labute approximate surface area is 233 Å². The van der Waals surface area contributed by atoms with Crippen molar-refractivity contribution in [3.05, 3.63) is 124 Å². The third-order valence-corrected chi connectivity index (χ3v) is 7.66. The molecule has 2 aliphatic heterocycles. The lowest BCUT2D eigenvalue weighted by Crippen LogP contribution is -2.38. The fraction of sp³-hybridized carbons (Fsp3) is 0.219. The number of hydrogen-bond donors (Lipinski definition) is 0. The Morgan fingerprint density at radius 2 is 1.64 bits per heavy atom. The number of rotatable bonds is 8. The van der Waals surface area contributed by atoms with Gasteiger partial charge in [-0.05, 0) is 30.4 Å². The van der Waals surface area contributed by atoms with Crippen LogP contribution in [0.2, 0.25) is 0 Å². The minimum Gasteiger partial charge on any atom is -0.463 e. The van der Waals surface area contributed by atoms with Crippen LogP contribution in [0, 0.1) is 6.92 Å². The zero-order valence-corrected chi connectivity index (χ0v) is 23.2. The highest BCUT2D eigenvalue weighted by Crippen LogP contribution is 2.47. The molecular weight excluding hydrogens is 506 g/mol. The van der Waals surface area contributed by atoms with E-state index in [1.54, 1.807) is 11.8 Å². The average Bonchev–Trinajstić information content (AvgIpc) is 3.36. The van der Waals surface area contributed by atoms with Crippen molar-refractivity contribution in [1.82, 2.24) is 9.80 Å². The highest BCUT2D eigenvalue weighted by molar-refractivity contribution is 8.16. The number of aliphatic imine (C=N–C) groups is 1. The van der Waals surface area contributed by atoms with Crippen LogP contribution < -0.4 is 0 Å². The molecule has 2 aliphatic rings. The van der Waals surface area contributed by atoms with Crippen molar-refractivity contribution in [3.63, 3.8) is 0 Å². The van der Waals surface area contributed by atoms with Gasteiger partial charge in [-0.1, -0.05) is 102 Å². The molecular formula is C32H31N3O3S. The van der Waals surface area contributed by atoms with Crippen LogP contribution in [-0.4, -0.2) is 40.5 Å². The molecule has 0 aromatic heterocycles. The van der Waals surface area contributed by atoms with Gasteiger partial charge in [-0.3, -0.25) is 4.79 Å². The lowest BCUT2D eigenvalue weighted by Gasteiger charge is -2.37. The Kier molecular flexibility index (Phi) is 7.98. The fourth-order valence-corrected chi connectivity index (χ4v) is 5.71. The first-order valence-corrected chi connectivity index (χ1v) is 13.9. The van der Waals surface area contributed by atoms with E-state index in [1.807, 2.05) is 109 Å². The van der Waals surface area contributed by atoms with E-state index < -0.39 is 12.0 Å². The van der Waals surface area contributed by atoms with Crippen molar-refractivity contribution < 1.29 is 14.3 Å². The number of nitrogens with zero attached hydrogens (tertiary/aromatic N) is 3. The Morgan fingerprint density at radius 3 is 2.31 bits per heavy atom. The van der Waals surface area contributed by atoms with Gasteiger partial charge in [0, 0.05) is 24.9 Å². The molecule has 0 fully saturated rings. The van der Waals surface area contributed by atoms with E-state index in [1.165, 1.54) is 11.8 Å². The summed E-state index contributed by atoms with van der Waals surface area (Å²) in [5, 5.41) is 2.71. The summed E-state index contributed by atoms with van der Waals surface area (Å²) in [6, 6.07) is 27.3. The summed E-state index contributed by atoms with van der Waals surface area (Å²) in [7, 11) is 1.82. The second-order valence-electron chi connectivity index (χ2n) is 9.57. The fourth-order valence-electron chi connectivity index (χ4n) is 4.79. The summed E-state index contributed by atoms with van der Waals surface area (Å²) < 4.78 is 5.58. The molecule has 0 spiro atoms. The average molecular weight is 538 g/mol. The number of hydrogen-bond acceptors (Lipinski definition) is 6. The van der Waals surface area contributed by atoms with Crippen molar-refractivity contribution >= 4 is 34.5 Å². The first-order chi connectivity index (χ1) is 19.0. The monoisotopic (exact) mass is 537 g/mol. The molecule has 39 heavy (non-hydrogen) atoms. The number of aryl methyl sites for hydroxylation is 1. The number of ether oxygens (including phenoxy) is 1. The summed E-state index contributed by atoms with van der Waals surface area (Å²) in [6.45, 7) is 4.61. The number of amides is 1. The number of thioether (sulfide) groups is 1. The molecule has 6 nitrogen and oxygen atoms in total. The molecule has 0 radical (unpaired) electrons. The summed E-state index contributed by atoms with van der Waals surface area (Å²) in [5.41, 5.74) is 5.84. The molecule has 0 N–H and O–H groups in total. The van der Waals surface area contributed by atoms with E-state index in [-0.39, 0.29) is 18.9 Å². The molecule has 2 heterocycles. The van der Waals surface area contributed by atoms with Crippen molar-refractivity contribution in [2.45, 2.75) is 32.9 Å². The van der Waals surface area contributed by atoms with Crippen molar-refractivity contribution in [3.8, 4) is 0 Å². The van der Waals surface area contributed by atoms with Gasteiger partial charge in [0.05, 0.1) is 30.3 Å². The smallest absolute Gasteiger partial charge is 0.338 e. The van der Waals surface area contributed by atoms with Gasteiger partial charge < -0.3 is 14.5 Å². The third-order valence-electron chi connectivity index (χ3n) is 6.77. The molecule has 5 rings (SSSR count). The summed E-state index contributed by atoms with van der Waals surface area (Å²) in [5.74, 6) is -0.418. The predicted molar refractivity (Wildman–Crippen MR) is 156 cm³/mol. The molecule has 0 saturated carbocycles. The van der Waals surface area contributed by atoms with Crippen LogP contribution in [0.3, 0.4) is 0 Å². The standard InChI is InChI=1S/C32H31N3O3S/c1-4-38-31(37)28-29(24-13-9-6-10-14-24)33-32-35(30(28)25-17-15-22(2)16-18-25)26(21-39-32)19-27(36)34(3)20-23-11-7-5-8-12-23/h5-18,21,30H,4,19-20H2,1-3H3. The van der Waals surface area contributed by atoms with E-state index in [0.29, 0.717) is 17.8 Å². The Hall–Kier alpha value is -4.10. The largest absolute Gasteiger partial charge is 0.463 e. The lowest BCUT2D eigenvalue weighted by atomic mass is 9.91. The van der Waals surface area contributed by atoms with Gasteiger partial charge in [-0.25, -0.2) is 9.79 Å². The highest BCUT2D eigenvalue weighted by Gasteiger charge is 2.42. The molecule has 3 aromatic rings. The van der Waals surface area contributed by atoms with E-state index in [0.717, 1.165) is 33.1 Å².